The molecule has 3 N–H and O–H groups in total. The number of hydrogen-bond donors (Lipinski definition) is 2. The SMILES string of the molecule is CC(C)C(C)Nc1nccnc1N. The highest BCUT2D eigenvalue weighted by Gasteiger charge is 2.08. The minimum Gasteiger partial charge on any atom is -0.381 e. The Bertz CT molecular complexity index is 272. The lowest BCUT2D eigenvalue weighted by molar-refractivity contribution is 0.558. The van der Waals surface area contributed by atoms with Gasteiger partial charge in [-0.3, -0.25) is 0 Å². The smallest absolute Gasteiger partial charge is 0.169 e. The van der Waals surface area contributed by atoms with E-state index in [1.807, 2.05) is 0 Å². The van der Waals surface area contributed by atoms with Gasteiger partial charge in [0.1, 0.15) is 0 Å². The summed E-state index contributed by atoms with van der Waals surface area (Å²) in [6.07, 6.45) is 3.21. The zero-order chi connectivity index (χ0) is 9.84. The Kier molecular flexibility index (Phi) is 3.06. The van der Waals surface area contributed by atoms with Crippen LogP contribution in [0.5, 0.6) is 0 Å². The van der Waals surface area contributed by atoms with Crippen LogP contribution in [0.2, 0.25) is 0 Å². The van der Waals surface area contributed by atoms with Crippen molar-refractivity contribution < 1.29 is 0 Å². The fraction of sp³-hybridized carbons (Fsp3) is 0.556. The van der Waals surface area contributed by atoms with Crippen LogP contribution in [0.15, 0.2) is 12.4 Å². The van der Waals surface area contributed by atoms with Crippen molar-refractivity contribution >= 4 is 11.6 Å². The summed E-state index contributed by atoms with van der Waals surface area (Å²) in [4.78, 5) is 8.05. The molecule has 0 spiro atoms. The van der Waals surface area contributed by atoms with E-state index in [1.165, 1.54) is 0 Å². The van der Waals surface area contributed by atoms with Crippen molar-refractivity contribution in [1.82, 2.24) is 9.97 Å². The molecular formula is C9H16N4. The van der Waals surface area contributed by atoms with Gasteiger partial charge in [-0.2, -0.15) is 0 Å². The number of aromatic nitrogens is 2. The van der Waals surface area contributed by atoms with Crippen molar-refractivity contribution in [3.8, 4) is 0 Å². The molecule has 1 aromatic rings. The Hall–Kier alpha value is -1.32. The average Bonchev–Trinajstić information content (AvgIpc) is 2.08. The van der Waals surface area contributed by atoms with Gasteiger partial charge in [-0.15, -0.1) is 0 Å². The molecule has 1 atom stereocenters. The summed E-state index contributed by atoms with van der Waals surface area (Å²) in [6.45, 7) is 6.38. The molecule has 0 aliphatic heterocycles. The number of nitrogens with two attached hydrogens (primary N) is 1. The quantitative estimate of drug-likeness (QED) is 0.740. The van der Waals surface area contributed by atoms with Gasteiger partial charge in [0, 0.05) is 18.4 Å². The molecule has 72 valence electrons. The van der Waals surface area contributed by atoms with E-state index in [1.54, 1.807) is 12.4 Å². The summed E-state index contributed by atoms with van der Waals surface area (Å²) in [6, 6.07) is 0.346. The van der Waals surface area contributed by atoms with Crippen LogP contribution in [-0.2, 0) is 0 Å². The van der Waals surface area contributed by atoms with Gasteiger partial charge in [-0.05, 0) is 12.8 Å². The molecule has 0 amide bonds. The lowest BCUT2D eigenvalue weighted by Gasteiger charge is -2.18. The molecule has 1 rings (SSSR count). The lowest BCUT2D eigenvalue weighted by atomic mass is 10.1. The number of nitrogens with zero attached hydrogens (tertiary/aromatic N) is 2. The van der Waals surface area contributed by atoms with Crippen molar-refractivity contribution in [3.05, 3.63) is 12.4 Å². The number of nitrogens with one attached hydrogen (secondary N) is 1. The van der Waals surface area contributed by atoms with Crippen LogP contribution in [0.25, 0.3) is 0 Å². The summed E-state index contributed by atoms with van der Waals surface area (Å²) in [5, 5.41) is 3.21. The van der Waals surface area contributed by atoms with Crippen LogP contribution >= 0.6 is 0 Å². The van der Waals surface area contributed by atoms with Gasteiger partial charge in [0.2, 0.25) is 0 Å². The predicted octanol–water partition coefficient (Wildman–Crippen LogP) is 1.52. The highest BCUT2D eigenvalue weighted by molar-refractivity contribution is 5.55. The molecule has 0 saturated carbocycles. The first-order valence-corrected chi connectivity index (χ1v) is 4.44. The Balaban J connectivity index is 2.69. The summed E-state index contributed by atoms with van der Waals surface area (Å²) in [7, 11) is 0. The minimum atomic E-state index is 0.346. The summed E-state index contributed by atoms with van der Waals surface area (Å²) in [5.74, 6) is 1.67. The monoisotopic (exact) mass is 180 g/mol. The highest BCUT2D eigenvalue weighted by atomic mass is 15.1. The van der Waals surface area contributed by atoms with Crippen molar-refractivity contribution in [1.29, 1.82) is 0 Å². The standard InChI is InChI=1S/C9H16N4/c1-6(2)7(3)13-9-8(10)11-4-5-12-9/h4-7H,1-3H3,(H2,10,11)(H,12,13). The molecule has 1 heterocycles. The van der Waals surface area contributed by atoms with Gasteiger partial charge < -0.3 is 11.1 Å². The first-order chi connectivity index (χ1) is 6.11. The largest absolute Gasteiger partial charge is 0.381 e. The molecule has 0 fully saturated rings. The molecule has 4 heteroatoms. The zero-order valence-electron chi connectivity index (χ0n) is 8.28. The second-order valence-electron chi connectivity index (χ2n) is 3.47. The number of nitrogen functional groups attached to an aromatic ring is 1. The first kappa shape index (κ1) is 9.77. The van der Waals surface area contributed by atoms with Crippen molar-refractivity contribution in [2.75, 3.05) is 11.1 Å². The molecule has 0 saturated heterocycles. The maximum Gasteiger partial charge on any atom is 0.169 e. The maximum atomic E-state index is 5.63. The van der Waals surface area contributed by atoms with Gasteiger partial charge in [-0.1, -0.05) is 13.8 Å². The fourth-order valence-corrected chi connectivity index (χ4v) is 0.842. The van der Waals surface area contributed by atoms with E-state index >= 15 is 0 Å². The van der Waals surface area contributed by atoms with E-state index < -0.39 is 0 Å². The number of rotatable bonds is 3. The Labute approximate surface area is 78.6 Å². The Morgan fingerprint density at radius 1 is 1.23 bits per heavy atom. The fourth-order valence-electron chi connectivity index (χ4n) is 0.842. The topological polar surface area (TPSA) is 63.8 Å². The van der Waals surface area contributed by atoms with E-state index in [2.05, 4.69) is 36.1 Å². The Morgan fingerprint density at radius 2 is 1.85 bits per heavy atom. The Morgan fingerprint density at radius 3 is 2.38 bits per heavy atom. The third-order valence-corrected chi connectivity index (χ3v) is 2.09. The van der Waals surface area contributed by atoms with E-state index in [4.69, 9.17) is 5.73 Å². The van der Waals surface area contributed by atoms with E-state index in [0.29, 0.717) is 23.6 Å². The first-order valence-electron chi connectivity index (χ1n) is 4.44. The third-order valence-electron chi connectivity index (χ3n) is 2.09. The molecule has 1 aromatic heterocycles. The molecular weight excluding hydrogens is 164 g/mol. The molecule has 1 unspecified atom stereocenters. The van der Waals surface area contributed by atoms with E-state index in [9.17, 15) is 0 Å². The van der Waals surface area contributed by atoms with Gasteiger partial charge in [0.15, 0.2) is 11.6 Å². The normalized spacial score (nSPS) is 12.9. The van der Waals surface area contributed by atoms with Crippen molar-refractivity contribution in [2.45, 2.75) is 26.8 Å². The van der Waals surface area contributed by atoms with Crippen LogP contribution in [0.3, 0.4) is 0 Å². The van der Waals surface area contributed by atoms with Gasteiger partial charge >= 0.3 is 0 Å². The number of anilines is 2. The predicted molar refractivity (Wildman–Crippen MR) is 54.4 cm³/mol. The van der Waals surface area contributed by atoms with Crippen LogP contribution < -0.4 is 11.1 Å². The summed E-state index contributed by atoms with van der Waals surface area (Å²) in [5.41, 5.74) is 5.63. The third kappa shape index (κ3) is 2.57. The van der Waals surface area contributed by atoms with Crippen LogP contribution in [0.4, 0.5) is 11.6 Å². The molecule has 0 aliphatic rings. The summed E-state index contributed by atoms with van der Waals surface area (Å²) < 4.78 is 0. The lowest BCUT2D eigenvalue weighted by Crippen LogP contribution is -2.23. The van der Waals surface area contributed by atoms with E-state index in [0.717, 1.165) is 0 Å². The molecule has 13 heavy (non-hydrogen) atoms. The van der Waals surface area contributed by atoms with Gasteiger partial charge in [0.05, 0.1) is 0 Å². The number of hydrogen-bond acceptors (Lipinski definition) is 4. The van der Waals surface area contributed by atoms with Crippen LogP contribution in [0, 0.1) is 5.92 Å². The minimum absolute atomic E-state index is 0.346. The van der Waals surface area contributed by atoms with Crippen molar-refractivity contribution in [3.63, 3.8) is 0 Å². The van der Waals surface area contributed by atoms with Gasteiger partial charge in [-0.25, -0.2) is 9.97 Å². The molecule has 0 bridgehead atoms. The second-order valence-corrected chi connectivity index (χ2v) is 3.47. The van der Waals surface area contributed by atoms with Crippen LogP contribution in [0.1, 0.15) is 20.8 Å². The van der Waals surface area contributed by atoms with Crippen LogP contribution in [-0.4, -0.2) is 16.0 Å². The summed E-state index contributed by atoms with van der Waals surface area (Å²) >= 11 is 0. The highest BCUT2D eigenvalue weighted by Crippen LogP contribution is 2.13. The molecule has 0 radical (unpaired) electrons. The van der Waals surface area contributed by atoms with Crippen molar-refractivity contribution in [2.24, 2.45) is 5.92 Å². The maximum absolute atomic E-state index is 5.63. The second kappa shape index (κ2) is 4.07. The van der Waals surface area contributed by atoms with Gasteiger partial charge in [0.25, 0.3) is 0 Å². The molecule has 0 aliphatic carbocycles. The molecule has 4 nitrogen and oxygen atoms in total. The zero-order valence-corrected chi connectivity index (χ0v) is 8.28. The molecule has 0 aromatic carbocycles. The average molecular weight is 180 g/mol. The van der Waals surface area contributed by atoms with E-state index in [-0.39, 0.29) is 0 Å².